The van der Waals surface area contributed by atoms with Crippen molar-refractivity contribution < 1.29 is 21.6 Å². The molecule has 1 aliphatic heterocycles. The normalized spacial score (nSPS) is 15.3. The van der Waals surface area contributed by atoms with E-state index in [2.05, 4.69) is 17.0 Å². The molecule has 1 aliphatic rings. The van der Waals surface area contributed by atoms with E-state index in [4.69, 9.17) is 23.2 Å². The molecule has 38 heavy (non-hydrogen) atoms. The Balaban J connectivity index is 1.50. The fourth-order valence-corrected chi connectivity index (χ4v) is 7.03. The Kier molecular flexibility index (Phi) is 8.39. The van der Waals surface area contributed by atoms with Gasteiger partial charge >= 0.3 is 0 Å². The minimum atomic E-state index is -3.91. The summed E-state index contributed by atoms with van der Waals surface area (Å²) < 4.78 is 55.8. The number of rotatable bonds is 7. The average molecular weight is 597 g/mol. The smallest absolute Gasteiger partial charge is 0.261 e. The van der Waals surface area contributed by atoms with Crippen LogP contribution in [-0.2, 0) is 20.0 Å². The van der Waals surface area contributed by atoms with E-state index in [0.717, 1.165) is 12.8 Å². The lowest BCUT2D eigenvalue weighted by molar-refractivity contribution is 0.102. The van der Waals surface area contributed by atoms with Gasteiger partial charge in [0.2, 0.25) is 10.0 Å². The monoisotopic (exact) mass is 595 g/mol. The fourth-order valence-electron chi connectivity index (χ4n) is 4.04. The summed E-state index contributed by atoms with van der Waals surface area (Å²) in [5, 5.41) is 3.13. The van der Waals surface area contributed by atoms with Gasteiger partial charge in [-0.25, -0.2) is 16.8 Å². The van der Waals surface area contributed by atoms with Crippen LogP contribution in [0.1, 0.15) is 35.7 Å². The van der Waals surface area contributed by atoms with Gasteiger partial charge in [0.05, 0.1) is 26.1 Å². The van der Waals surface area contributed by atoms with Crippen LogP contribution in [0.2, 0.25) is 10.0 Å². The highest BCUT2D eigenvalue weighted by molar-refractivity contribution is 7.92. The summed E-state index contributed by atoms with van der Waals surface area (Å²) >= 11 is 12.2. The maximum atomic E-state index is 13.1. The number of carbonyl (C=O) groups excluding carboxylic acids is 1. The first-order valence-electron chi connectivity index (χ1n) is 11.9. The van der Waals surface area contributed by atoms with Gasteiger partial charge in [-0.1, -0.05) is 36.2 Å². The van der Waals surface area contributed by atoms with Gasteiger partial charge in [0.15, 0.2) is 0 Å². The predicted octanol–water partition coefficient (Wildman–Crippen LogP) is 5.78. The molecule has 0 atom stereocenters. The van der Waals surface area contributed by atoms with Crippen molar-refractivity contribution in [2.24, 2.45) is 5.92 Å². The SMILES string of the molecule is Cc1ccc(Cl)cc1NS(=O)(=O)c1ccc(NC(=O)c2cc(S(=O)(=O)N3CCC(C)CC3)ccc2Cl)cc1. The van der Waals surface area contributed by atoms with Crippen molar-refractivity contribution >= 4 is 60.5 Å². The Hall–Kier alpha value is -2.63. The van der Waals surface area contributed by atoms with Crippen molar-refractivity contribution in [2.45, 2.75) is 36.5 Å². The highest BCUT2D eigenvalue weighted by atomic mass is 35.5. The zero-order chi connectivity index (χ0) is 27.7. The number of carbonyl (C=O) groups is 1. The molecule has 202 valence electrons. The summed E-state index contributed by atoms with van der Waals surface area (Å²) in [6, 6.07) is 14.5. The number of amides is 1. The van der Waals surface area contributed by atoms with Gasteiger partial charge < -0.3 is 5.32 Å². The molecule has 2 N–H and O–H groups in total. The Bertz CT molecular complexity index is 1570. The molecule has 4 rings (SSSR count). The van der Waals surface area contributed by atoms with Crippen LogP contribution in [0, 0.1) is 12.8 Å². The van der Waals surface area contributed by atoms with Crippen molar-refractivity contribution in [2.75, 3.05) is 23.1 Å². The van der Waals surface area contributed by atoms with Gasteiger partial charge in [0, 0.05) is 23.8 Å². The Morgan fingerprint density at radius 2 is 1.53 bits per heavy atom. The van der Waals surface area contributed by atoms with Crippen LogP contribution in [0.4, 0.5) is 11.4 Å². The molecule has 1 fully saturated rings. The van der Waals surface area contributed by atoms with Gasteiger partial charge in [-0.2, -0.15) is 4.31 Å². The zero-order valence-corrected chi connectivity index (χ0v) is 23.9. The van der Waals surface area contributed by atoms with Crippen LogP contribution in [0.25, 0.3) is 0 Å². The second-order valence-corrected chi connectivity index (χ2v) is 13.7. The van der Waals surface area contributed by atoms with E-state index in [1.807, 2.05) is 0 Å². The van der Waals surface area contributed by atoms with Gasteiger partial charge in [-0.05, 0) is 85.8 Å². The van der Waals surface area contributed by atoms with Crippen LogP contribution >= 0.6 is 23.2 Å². The third-order valence-electron chi connectivity index (χ3n) is 6.43. The lowest BCUT2D eigenvalue weighted by Gasteiger charge is -2.29. The minimum Gasteiger partial charge on any atom is -0.322 e. The number of hydrogen-bond acceptors (Lipinski definition) is 5. The molecule has 0 spiro atoms. The van der Waals surface area contributed by atoms with Crippen molar-refractivity contribution in [3.8, 4) is 0 Å². The molecule has 8 nitrogen and oxygen atoms in total. The number of nitrogens with zero attached hydrogens (tertiary/aromatic N) is 1. The van der Waals surface area contributed by atoms with Crippen LogP contribution in [0.15, 0.2) is 70.5 Å². The van der Waals surface area contributed by atoms with Crippen molar-refractivity contribution in [1.82, 2.24) is 4.31 Å². The number of hydrogen-bond donors (Lipinski definition) is 2. The van der Waals surface area contributed by atoms with Crippen molar-refractivity contribution in [1.29, 1.82) is 0 Å². The Morgan fingerprint density at radius 3 is 2.18 bits per heavy atom. The lowest BCUT2D eigenvalue weighted by atomic mass is 10.0. The molecule has 12 heteroatoms. The van der Waals surface area contributed by atoms with Gasteiger partial charge in [-0.15, -0.1) is 0 Å². The first kappa shape index (κ1) is 28.4. The van der Waals surface area contributed by atoms with E-state index in [1.54, 1.807) is 19.1 Å². The van der Waals surface area contributed by atoms with Gasteiger partial charge in [-0.3, -0.25) is 9.52 Å². The minimum absolute atomic E-state index is 0.00656. The maximum Gasteiger partial charge on any atom is 0.261 e. The third kappa shape index (κ3) is 6.32. The maximum absolute atomic E-state index is 13.1. The molecular formula is C26H27Cl2N3O5S2. The molecule has 1 saturated heterocycles. The molecule has 0 unspecified atom stereocenters. The van der Waals surface area contributed by atoms with E-state index in [-0.39, 0.29) is 20.4 Å². The molecule has 3 aromatic rings. The summed E-state index contributed by atoms with van der Waals surface area (Å²) in [5.74, 6) is -0.159. The average Bonchev–Trinajstić information content (AvgIpc) is 2.87. The number of anilines is 2. The van der Waals surface area contributed by atoms with Crippen molar-refractivity contribution in [3.63, 3.8) is 0 Å². The Labute approximate surface area is 233 Å². The third-order valence-corrected chi connectivity index (χ3v) is 10.3. The molecule has 0 aromatic heterocycles. The van der Waals surface area contributed by atoms with Crippen LogP contribution < -0.4 is 10.0 Å². The summed E-state index contributed by atoms with van der Waals surface area (Å²) in [5.41, 5.74) is 1.37. The number of piperidine rings is 1. The van der Waals surface area contributed by atoms with Gasteiger partial charge in [0.1, 0.15) is 0 Å². The first-order valence-corrected chi connectivity index (χ1v) is 15.5. The second kappa shape index (κ2) is 11.2. The summed E-state index contributed by atoms with van der Waals surface area (Å²) in [4.78, 5) is 13.0. The second-order valence-electron chi connectivity index (χ2n) is 9.27. The molecule has 3 aromatic carbocycles. The quantitative estimate of drug-likeness (QED) is 0.359. The molecular weight excluding hydrogens is 569 g/mol. The summed E-state index contributed by atoms with van der Waals surface area (Å²) in [6.07, 6.45) is 1.56. The Morgan fingerprint density at radius 1 is 0.895 bits per heavy atom. The lowest BCUT2D eigenvalue weighted by Crippen LogP contribution is -2.37. The van der Waals surface area contributed by atoms with E-state index in [9.17, 15) is 21.6 Å². The van der Waals surface area contributed by atoms with E-state index in [1.165, 1.54) is 52.8 Å². The first-order chi connectivity index (χ1) is 17.9. The molecule has 1 heterocycles. The van der Waals surface area contributed by atoms with Crippen molar-refractivity contribution in [3.05, 3.63) is 81.8 Å². The largest absolute Gasteiger partial charge is 0.322 e. The molecule has 0 bridgehead atoms. The highest BCUT2D eigenvalue weighted by Crippen LogP contribution is 2.28. The van der Waals surface area contributed by atoms with E-state index < -0.39 is 26.0 Å². The molecule has 0 aliphatic carbocycles. The number of nitrogens with one attached hydrogen (secondary N) is 2. The van der Waals surface area contributed by atoms with E-state index in [0.29, 0.717) is 41.0 Å². The van der Waals surface area contributed by atoms with Gasteiger partial charge in [0.25, 0.3) is 15.9 Å². The summed E-state index contributed by atoms with van der Waals surface area (Å²) in [7, 11) is -7.68. The fraction of sp³-hybridized carbons (Fsp3) is 0.269. The molecule has 1 amide bonds. The van der Waals surface area contributed by atoms with E-state index >= 15 is 0 Å². The standard InChI is InChI=1S/C26H27Cl2N3O5S2/c1-17-11-13-31(14-12-17)38(35,36)22-9-10-24(28)23(16-22)26(32)29-20-5-7-21(8-6-20)37(33,34)30-25-15-19(27)4-3-18(25)2/h3-10,15-17,30H,11-14H2,1-2H3,(H,29,32). The van der Waals surface area contributed by atoms with Crippen LogP contribution in [0.3, 0.4) is 0 Å². The highest BCUT2D eigenvalue weighted by Gasteiger charge is 2.29. The number of benzene rings is 3. The molecule has 0 saturated carbocycles. The molecule has 0 radical (unpaired) electrons. The number of sulfonamides is 2. The number of aryl methyl sites for hydroxylation is 1. The summed E-state index contributed by atoms with van der Waals surface area (Å²) in [6.45, 7) is 4.70. The predicted molar refractivity (Wildman–Crippen MR) is 150 cm³/mol. The van der Waals surface area contributed by atoms with Crippen LogP contribution in [0.5, 0.6) is 0 Å². The number of halogens is 2. The topological polar surface area (TPSA) is 113 Å². The van der Waals surface area contributed by atoms with Crippen LogP contribution in [-0.4, -0.2) is 40.1 Å². The zero-order valence-electron chi connectivity index (χ0n) is 20.7.